The first-order valence-electron chi connectivity index (χ1n) is 7.39. The van der Waals surface area contributed by atoms with Crippen LogP contribution in [0, 0.1) is 0 Å². The van der Waals surface area contributed by atoms with Crippen LogP contribution in [0.4, 0.5) is 0 Å². The molecule has 0 saturated carbocycles. The molecule has 2 saturated heterocycles. The fraction of sp³-hybridized carbons (Fsp3) is 0.533. The second-order valence-corrected chi connectivity index (χ2v) is 6.64. The van der Waals surface area contributed by atoms with Crippen LogP contribution in [0.1, 0.15) is 11.7 Å². The lowest BCUT2D eigenvalue weighted by atomic mass is 10.1. The summed E-state index contributed by atoms with van der Waals surface area (Å²) in [6.45, 7) is 1.95. The number of ether oxygens (including phenoxy) is 3. The van der Waals surface area contributed by atoms with Gasteiger partial charge in [-0.1, -0.05) is 0 Å². The normalized spacial score (nSPS) is 27.2. The summed E-state index contributed by atoms with van der Waals surface area (Å²) >= 11 is 1.83. The first kappa shape index (κ1) is 14.0. The number of hydrogen-bond donors (Lipinski definition) is 1. The Bertz CT molecular complexity index is 592. The van der Waals surface area contributed by atoms with Crippen molar-refractivity contribution in [3.63, 3.8) is 0 Å². The van der Waals surface area contributed by atoms with Crippen molar-refractivity contribution in [2.45, 2.75) is 12.2 Å². The maximum absolute atomic E-state index is 12.2. The summed E-state index contributed by atoms with van der Waals surface area (Å²) in [6, 6.07) is 3.84. The van der Waals surface area contributed by atoms with Gasteiger partial charge in [0.15, 0.2) is 11.5 Å². The van der Waals surface area contributed by atoms with Crippen LogP contribution in [0.15, 0.2) is 12.1 Å². The number of nitrogens with one attached hydrogen (secondary N) is 1. The van der Waals surface area contributed by atoms with E-state index in [1.54, 1.807) is 7.11 Å². The molecule has 0 aromatic heterocycles. The predicted octanol–water partition coefficient (Wildman–Crippen LogP) is 1.01. The van der Waals surface area contributed by atoms with Gasteiger partial charge in [0.25, 0.3) is 0 Å². The smallest absolute Gasteiger partial charge is 0.239 e. The molecule has 22 heavy (non-hydrogen) atoms. The fourth-order valence-corrected chi connectivity index (χ4v) is 4.26. The zero-order valence-corrected chi connectivity index (χ0v) is 13.1. The molecule has 1 aromatic carbocycles. The van der Waals surface area contributed by atoms with E-state index in [-0.39, 0.29) is 18.1 Å². The molecule has 1 N–H and O–H groups in total. The molecule has 0 spiro atoms. The molecule has 2 unspecified atom stereocenters. The van der Waals surface area contributed by atoms with Gasteiger partial charge in [-0.3, -0.25) is 9.69 Å². The SMILES string of the molecule is COc1cc(C2NC(=O)C3CSCCN32)cc2c1OCCO2. The van der Waals surface area contributed by atoms with Crippen LogP contribution in [-0.2, 0) is 4.79 Å². The Morgan fingerprint density at radius 1 is 1.36 bits per heavy atom. The van der Waals surface area contributed by atoms with Crippen molar-refractivity contribution in [2.75, 3.05) is 38.4 Å². The van der Waals surface area contributed by atoms with E-state index in [1.807, 2.05) is 23.9 Å². The third kappa shape index (κ3) is 2.19. The van der Waals surface area contributed by atoms with Crippen molar-refractivity contribution >= 4 is 17.7 Å². The van der Waals surface area contributed by atoms with E-state index in [4.69, 9.17) is 14.2 Å². The highest BCUT2D eigenvalue weighted by Gasteiger charge is 2.42. The van der Waals surface area contributed by atoms with Crippen molar-refractivity contribution < 1.29 is 19.0 Å². The average molecular weight is 322 g/mol. The lowest BCUT2D eigenvalue weighted by molar-refractivity contribution is -0.121. The number of methoxy groups -OCH3 is 1. The van der Waals surface area contributed by atoms with Gasteiger partial charge in [-0.2, -0.15) is 11.8 Å². The zero-order valence-electron chi connectivity index (χ0n) is 12.3. The average Bonchev–Trinajstić information content (AvgIpc) is 2.91. The Morgan fingerprint density at radius 3 is 3.09 bits per heavy atom. The molecule has 0 radical (unpaired) electrons. The Hall–Kier alpha value is -1.60. The van der Waals surface area contributed by atoms with Crippen molar-refractivity contribution in [1.82, 2.24) is 10.2 Å². The molecule has 1 aromatic rings. The van der Waals surface area contributed by atoms with Gasteiger partial charge in [0, 0.05) is 18.1 Å². The van der Waals surface area contributed by atoms with Crippen LogP contribution < -0.4 is 19.5 Å². The number of amides is 1. The number of carbonyl (C=O) groups is 1. The standard InChI is InChI=1S/C15H18N2O4S/c1-19-11-6-9(7-12-13(11)21-4-3-20-12)14-16-15(18)10-8-22-5-2-17(10)14/h6-7,10,14H,2-5,8H2,1H3,(H,16,18). The molecule has 4 rings (SSSR count). The molecule has 2 fully saturated rings. The van der Waals surface area contributed by atoms with Crippen molar-refractivity contribution in [1.29, 1.82) is 0 Å². The third-order valence-electron chi connectivity index (χ3n) is 4.25. The van der Waals surface area contributed by atoms with Gasteiger partial charge in [0.2, 0.25) is 11.7 Å². The summed E-state index contributed by atoms with van der Waals surface area (Å²) in [5, 5.41) is 3.09. The summed E-state index contributed by atoms with van der Waals surface area (Å²) < 4.78 is 16.8. The van der Waals surface area contributed by atoms with Crippen molar-refractivity contribution in [3.8, 4) is 17.2 Å². The first-order valence-corrected chi connectivity index (χ1v) is 8.55. The molecule has 7 heteroatoms. The summed E-state index contributed by atoms with van der Waals surface area (Å²) in [5.74, 6) is 3.98. The Morgan fingerprint density at radius 2 is 2.23 bits per heavy atom. The summed E-state index contributed by atoms with van der Waals surface area (Å²) in [6.07, 6.45) is -0.122. The summed E-state index contributed by atoms with van der Waals surface area (Å²) in [5.41, 5.74) is 0.976. The van der Waals surface area contributed by atoms with Gasteiger partial charge >= 0.3 is 0 Å². The van der Waals surface area contributed by atoms with Gasteiger partial charge < -0.3 is 19.5 Å². The van der Waals surface area contributed by atoms with Crippen molar-refractivity contribution in [2.24, 2.45) is 0 Å². The Labute approximate surface area is 133 Å². The molecule has 1 amide bonds. The van der Waals surface area contributed by atoms with E-state index in [0.29, 0.717) is 30.5 Å². The Kier molecular flexibility index (Phi) is 3.54. The van der Waals surface area contributed by atoms with E-state index in [9.17, 15) is 4.79 Å². The largest absolute Gasteiger partial charge is 0.493 e. The number of nitrogens with zero attached hydrogens (tertiary/aromatic N) is 1. The third-order valence-corrected chi connectivity index (χ3v) is 5.27. The van der Waals surface area contributed by atoms with E-state index in [1.165, 1.54) is 0 Å². The predicted molar refractivity (Wildman–Crippen MR) is 82.7 cm³/mol. The monoisotopic (exact) mass is 322 g/mol. The highest BCUT2D eigenvalue weighted by atomic mass is 32.2. The molecule has 6 nitrogen and oxygen atoms in total. The molecule has 0 bridgehead atoms. The second kappa shape index (κ2) is 5.55. The van der Waals surface area contributed by atoms with Crippen LogP contribution in [-0.4, -0.2) is 55.2 Å². The molecule has 0 aliphatic carbocycles. The minimum Gasteiger partial charge on any atom is -0.493 e. The maximum Gasteiger partial charge on any atom is 0.239 e. The lowest BCUT2D eigenvalue weighted by Gasteiger charge is -2.32. The number of rotatable bonds is 2. The van der Waals surface area contributed by atoms with Crippen LogP contribution in [0.2, 0.25) is 0 Å². The number of thioether (sulfide) groups is 1. The second-order valence-electron chi connectivity index (χ2n) is 5.49. The molecular weight excluding hydrogens is 304 g/mol. The molecular formula is C15H18N2O4S. The number of benzene rings is 1. The molecule has 2 atom stereocenters. The maximum atomic E-state index is 12.2. The summed E-state index contributed by atoms with van der Waals surface area (Å²) in [7, 11) is 1.62. The zero-order chi connectivity index (χ0) is 15.1. The minimum absolute atomic E-state index is 0.0389. The van der Waals surface area contributed by atoms with Crippen LogP contribution >= 0.6 is 11.8 Å². The van der Waals surface area contributed by atoms with E-state index in [0.717, 1.165) is 23.6 Å². The first-order chi connectivity index (χ1) is 10.8. The summed E-state index contributed by atoms with van der Waals surface area (Å²) in [4.78, 5) is 14.4. The van der Waals surface area contributed by atoms with Gasteiger partial charge in [0.05, 0.1) is 7.11 Å². The van der Waals surface area contributed by atoms with Gasteiger partial charge in [-0.05, 0) is 17.7 Å². The molecule has 3 aliphatic rings. The highest BCUT2D eigenvalue weighted by molar-refractivity contribution is 7.99. The quantitative estimate of drug-likeness (QED) is 0.877. The topological polar surface area (TPSA) is 60.0 Å². The van der Waals surface area contributed by atoms with Gasteiger partial charge in [-0.15, -0.1) is 0 Å². The van der Waals surface area contributed by atoms with Crippen LogP contribution in [0.25, 0.3) is 0 Å². The van der Waals surface area contributed by atoms with E-state index in [2.05, 4.69) is 10.2 Å². The lowest BCUT2D eigenvalue weighted by Crippen LogP contribution is -2.41. The van der Waals surface area contributed by atoms with Gasteiger partial charge in [-0.25, -0.2) is 0 Å². The minimum atomic E-state index is -0.122. The highest BCUT2D eigenvalue weighted by Crippen LogP contribution is 2.43. The number of carbonyl (C=O) groups excluding carboxylic acids is 1. The fourth-order valence-electron chi connectivity index (χ4n) is 3.19. The van der Waals surface area contributed by atoms with Gasteiger partial charge in [0.1, 0.15) is 25.4 Å². The molecule has 3 heterocycles. The van der Waals surface area contributed by atoms with Crippen LogP contribution in [0.3, 0.4) is 0 Å². The van der Waals surface area contributed by atoms with Crippen LogP contribution in [0.5, 0.6) is 17.2 Å². The molecule has 118 valence electrons. The van der Waals surface area contributed by atoms with E-state index >= 15 is 0 Å². The van der Waals surface area contributed by atoms with Crippen molar-refractivity contribution in [3.05, 3.63) is 17.7 Å². The number of hydrogen-bond acceptors (Lipinski definition) is 6. The Balaban J connectivity index is 1.71. The molecule has 3 aliphatic heterocycles. The number of fused-ring (bicyclic) bond motifs is 2. The van der Waals surface area contributed by atoms with E-state index < -0.39 is 0 Å².